The van der Waals surface area contributed by atoms with Gasteiger partial charge in [-0.05, 0) is 17.1 Å². The summed E-state index contributed by atoms with van der Waals surface area (Å²) in [6, 6.07) is 0. The van der Waals surface area contributed by atoms with Crippen molar-refractivity contribution in [2.75, 3.05) is 0 Å². The Hall–Kier alpha value is -1.30. The Morgan fingerprint density at radius 3 is 1.80 bits per heavy atom. The van der Waals surface area contributed by atoms with Crippen LogP contribution in [0.3, 0.4) is 0 Å². The van der Waals surface area contributed by atoms with E-state index in [2.05, 4.69) is 69.4 Å². The van der Waals surface area contributed by atoms with Crippen molar-refractivity contribution in [1.82, 2.24) is 0 Å². The molecular weight excluding hydrogens is 180 g/mol. The summed E-state index contributed by atoms with van der Waals surface area (Å²) in [5.41, 5.74) is 2.80. The Morgan fingerprint density at radius 1 is 0.867 bits per heavy atom. The van der Waals surface area contributed by atoms with Crippen LogP contribution in [0.1, 0.15) is 20.8 Å². The molecule has 0 fully saturated rings. The smallest absolute Gasteiger partial charge is 0.00111 e. The molecule has 0 aromatic carbocycles. The topological polar surface area (TPSA) is 0 Å². The van der Waals surface area contributed by atoms with E-state index in [1.54, 1.807) is 0 Å². The summed E-state index contributed by atoms with van der Waals surface area (Å²) in [4.78, 5) is 0. The summed E-state index contributed by atoms with van der Waals surface area (Å²) in [7, 11) is 0. The molecule has 0 unspecified atom stereocenters. The number of hydrogen-bond acceptors (Lipinski definition) is 0. The monoisotopic (exact) mass is 198 g/mol. The van der Waals surface area contributed by atoms with Gasteiger partial charge in [0.15, 0.2) is 0 Å². The molecular formula is C15H18. The Balaban J connectivity index is 2.41. The van der Waals surface area contributed by atoms with Crippen LogP contribution in [-0.2, 0) is 0 Å². The molecule has 2 rings (SSSR count). The molecule has 0 heterocycles. The lowest BCUT2D eigenvalue weighted by atomic mass is 9.93. The summed E-state index contributed by atoms with van der Waals surface area (Å²) in [6.45, 7) is 6.65. The van der Waals surface area contributed by atoms with Crippen LogP contribution in [0.2, 0.25) is 0 Å². The molecule has 0 radical (unpaired) electrons. The van der Waals surface area contributed by atoms with Crippen LogP contribution in [0.25, 0.3) is 0 Å². The molecule has 2 aliphatic rings. The van der Waals surface area contributed by atoms with Gasteiger partial charge in [-0.2, -0.15) is 0 Å². The van der Waals surface area contributed by atoms with Gasteiger partial charge in [0.25, 0.3) is 0 Å². The zero-order valence-electron chi connectivity index (χ0n) is 9.70. The quantitative estimate of drug-likeness (QED) is 0.547. The molecule has 78 valence electrons. The highest BCUT2D eigenvalue weighted by Crippen LogP contribution is 2.28. The maximum absolute atomic E-state index is 2.26. The fraction of sp³-hybridized carbons (Fsp3) is 0.333. The van der Waals surface area contributed by atoms with Crippen LogP contribution >= 0.6 is 0 Å². The summed E-state index contributed by atoms with van der Waals surface area (Å²) in [6.07, 6.45) is 17.9. The molecule has 2 aliphatic carbocycles. The zero-order valence-corrected chi connectivity index (χ0v) is 9.70. The molecule has 15 heavy (non-hydrogen) atoms. The second-order valence-corrected chi connectivity index (χ2v) is 4.98. The first-order valence-electron chi connectivity index (χ1n) is 5.56. The lowest BCUT2D eigenvalue weighted by Crippen LogP contribution is -2.00. The average molecular weight is 198 g/mol. The predicted octanol–water partition coefficient (Wildman–Crippen LogP) is 4.20. The Labute approximate surface area is 92.4 Å². The van der Waals surface area contributed by atoms with Gasteiger partial charge in [-0.15, -0.1) is 0 Å². The average Bonchev–Trinajstić information content (AvgIpc) is 2.42. The normalized spacial score (nSPS) is 23.9. The highest BCUT2D eigenvalue weighted by molar-refractivity contribution is 5.50. The van der Waals surface area contributed by atoms with Crippen molar-refractivity contribution in [3.8, 4) is 0 Å². The van der Waals surface area contributed by atoms with E-state index >= 15 is 0 Å². The summed E-state index contributed by atoms with van der Waals surface area (Å²) in [5.74, 6) is 0.534. The van der Waals surface area contributed by atoms with Gasteiger partial charge >= 0.3 is 0 Å². The van der Waals surface area contributed by atoms with Gasteiger partial charge in [0, 0.05) is 5.41 Å². The summed E-state index contributed by atoms with van der Waals surface area (Å²) < 4.78 is 0. The second kappa shape index (κ2) is 3.69. The third-order valence-corrected chi connectivity index (χ3v) is 2.88. The fourth-order valence-electron chi connectivity index (χ4n) is 1.74. The van der Waals surface area contributed by atoms with Crippen LogP contribution in [0.15, 0.2) is 59.8 Å². The molecule has 0 nitrogen and oxygen atoms in total. The molecule has 0 aliphatic heterocycles. The summed E-state index contributed by atoms with van der Waals surface area (Å²) >= 11 is 0. The predicted molar refractivity (Wildman–Crippen MR) is 66.5 cm³/mol. The van der Waals surface area contributed by atoms with Crippen LogP contribution in [0.5, 0.6) is 0 Å². The molecule has 0 saturated carbocycles. The van der Waals surface area contributed by atoms with E-state index in [0.717, 1.165) is 0 Å². The van der Waals surface area contributed by atoms with Crippen molar-refractivity contribution >= 4 is 0 Å². The van der Waals surface area contributed by atoms with Crippen LogP contribution < -0.4 is 0 Å². The minimum absolute atomic E-state index is 0.166. The molecule has 0 amide bonds. The molecule has 0 heteroatoms. The maximum atomic E-state index is 2.26. The highest BCUT2D eigenvalue weighted by atomic mass is 14.2. The van der Waals surface area contributed by atoms with E-state index in [-0.39, 0.29) is 5.41 Å². The van der Waals surface area contributed by atoms with Crippen molar-refractivity contribution in [2.24, 2.45) is 11.3 Å². The second-order valence-electron chi connectivity index (χ2n) is 4.98. The van der Waals surface area contributed by atoms with E-state index in [4.69, 9.17) is 0 Å². The summed E-state index contributed by atoms with van der Waals surface area (Å²) in [5, 5.41) is 0. The van der Waals surface area contributed by atoms with Gasteiger partial charge in [0.05, 0.1) is 0 Å². The van der Waals surface area contributed by atoms with Gasteiger partial charge in [-0.25, -0.2) is 0 Å². The highest BCUT2D eigenvalue weighted by Gasteiger charge is 2.13. The van der Waals surface area contributed by atoms with E-state index in [1.165, 1.54) is 11.1 Å². The molecule has 0 saturated heterocycles. The lowest BCUT2D eigenvalue weighted by molar-refractivity contribution is 0.627. The minimum atomic E-state index is 0.166. The van der Waals surface area contributed by atoms with Crippen LogP contribution in [0.4, 0.5) is 0 Å². The van der Waals surface area contributed by atoms with Crippen molar-refractivity contribution < 1.29 is 0 Å². The zero-order chi connectivity index (χ0) is 10.9. The molecule has 0 aromatic heterocycles. The van der Waals surface area contributed by atoms with Crippen molar-refractivity contribution in [1.29, 1.82) is 0 Å². The first-order valence-corrected chi connectivity index (χ1v) is 5.56. The third-order valence-electron chi connectivity index (χ3n) is 2.88. The Morgan fingerprint density at radius 2 is 1.33 bits per heavy atom. The van der Waals surface area contributed by atoms with Crippen molar-refractivity contribution in [3.05, 3.63) is 59.8 Å². The third kappa shape index (κ3) is 2.38. The maximum Gasteiger partial charge on any atom is 0.00111 e. The van der Waals surface area contributed by atoms with Crippen molar-refractivity contribution in [2.45, 2.75) is 20.8 Å². The van der Waals surface area contributed by atoms with Crippen LogP contribution in [-0.4, -0.2) is 0 Å². The van der Waals surface area contributed by atoms with Gasteiger partial charge in [-0.3, -0.25) is 0 Å². The standard InChI is InChI=1S/C15H18/c1-12-4-6-13-8-10-15(2,3)11-9-14(13)7-5-12/h4-12H,1-3H3. The lowest BCUT2D eigenvalue weighted by Gasteiger charge is -2.12. The van der Waals surface area contributed by atoms with E-state index in [1.807, 2.05) is 0 Å². The van der Waals surface area contributed by atoms with Gasteiger partial charge < -0.3 is 0 Å². The molecule has 0 N–H and O–H groups in total. The minimum Gasteiger partial charge on any atom is -0.0773 e. The van der Waals surface area contributed by atoms with Crippen molar-refractivity contribution in [3.63, 3.8) is 0 Å². The molecule has 0 aromatic rings. The molecule has 0 atom stereocenters. The first-order chi connectivity index (χ1) is 7.07. The Kier molecular flexibility index (Phi) is 2.52. The Bertz CT molecular complexity index is 362. The first kappa shape index (κ1) is 10.2. The van der Waals surface area contributed by atoms with E-state index in [0.29, 0.717) is 5.92 Å². The van der Waals surface area contributed by atoms with E-state index < -0.39 is 0 Å². The molecule has 0 spiro atoms. The fourth-order valence-corrected chi connectivity index (χ4v) is 1.74. The SMILES string of the molecule is CC1C=CC2=C(C=C1)C=CC(C)(C)C=C2. The van der Waals surface area contributed by atoms with Crippen LogP contribution in [0, 0.1) is 11.3 Å². The van der Waals surface area contributed by atoms with E-state index in [9.17, 15) is 0 Å². The molecule has 0 bridgehead atoms. The van der Waals surface area contributed by atoms with Gasteiger partial charge in [-0.1, -0.05) is 69.4 Å². The van der Waals surface area contributed by atoms with Gasteiger partial charge in [0.1, 0.15) is 0 Å². The number of rotatable bonds is 0. The number of allylic oxidation sites excluding steroid dienone is 10. The largest absolute Gasteiger partial charge is 0.0773 e. The number of hydrogen-bond donors (Lipinski definition) is 0. The van der Waals surface area contributed by atoms with Gasteiger partial charge in [0.2, 0.25) is 0 Å².